The van der Waals surface area contributed by atoms with Gasteiger partial charge in [0, 0.05) is 18.1 Å². The van der Waals surface area contributed by atoms with Gasteiger partial charge in [-0.3, -0.25) is 4.79 Å². The van der Waals surface area contributed by atoms with Crippen molar-refractivity contribution in [2.75, 3.05) is 0 Å². The molecule has 1 aromatic heterocycles. The van der Waals surface area contributed by atoms with Crippen molar-refractivity contribution in [3.05, 3.63) is 48.5 Å². The quantitative estimate of drug-likeness (QED) is 0.531. The third-order valence-electron chi connectivity index (χ3n) is 3.07. The minimum Gasteiger partial charge on any atom is -0.436 e. The average Bonchev–Trinajstić information content (AvgIpc) is 2.91. The molecular weight excluding hydrogens is 266 g/mol. The zero-order valence-corrected chi connectivity index (χ0v) is 11.7. The Morgan fingerprint density at radius 2 is 2.00 bits per heavy atom. The molecule has 0 N–H and O–H groups in total. The maximum atomic E-state index is 11.5. The molecule has 4 heteroatoms. The summed E-state index contributed by atoms with van der Waals surface area (Å²) < 4.78 is 11.0. The van der Waals surface area contributed by atoms with Gasteiger partial charge in [0.15, 0.2) is 5.58 Å². The Bertz CT molecular complexity index is 762. The molecule has 0 aliphatic rings. The van der Waals surface area contributed by atoms with Gasteiger partial charge >= 0.3 is 5.97 Å². The summed E-state index contributed by atoms with van der Waals surface area (Å²) in [7, 11) is 0. The minimum atomic E-state index is -0.236. The van der Waals surface area contributed by atoms with Gasteiger partial charge in [-0.1, -0.05) is 25.1 Å². The molecule has 1 heterocycles. The van der Waals surface area contributed by atoms with Crippen molar-refractivity contribution in [2.24, 2.45) is 0 Å². The number of hydrogen-bond donors (Lipinski definition) is 0. The maximum absolute atomic E-state index is 11.5. The van der Waals surface area contributed by atoms with Gasteiger partial charge in [-0.05, 0) is 30.7 Å². The van der Waals surface area contributed by atoms with Crippen LogP contribution >= 0.6 is 0 Å². The first kappa shape index (κ1) is 13.4. The van der Waals surface area contributed by atoms with Crippen LogP contribution in [0.3, 0.4) is 0 Å². The number of aromatic nitrogens is 1. The zero-order valence-electron chi connectivity index (χ0n) is 11.7. The van der Waals surface area contributed by atoms with Crippen molar-refractivity contribution in [1.82, 2.24) is 4.98 Å². The highest BCUT2D eigenvalue weighted by atomic mass is 16.5. The van der Waals surface area contributed by atoms with Gasteiger partial charge in [0.2, 0.25) is 5.89 Å². The van der Waals surface area contributed by atoms with Gasteiger partial charge in [0.1, 0.15) is 11.3 Å². The zero-order chi connectivity index (χ0) is 14.7. The number of ether oxygens (including phenoxy) is 1. The Kier molecular flexibility index (Phi) is 3.69. The van der Waals surface area contributed by atoms with Gasteiger partial charge < -0.3 is 9.15 Å². The number of nitrogens with zero attached hydrogens (tertiary/aromatic N) is 1. The first-order valence-corrected chi connectivity index (χ1v) is 6.93. The van der Waals surface area contributed by atoms with Gasteiger partial charge in [0.05, 0.1) is 0 Å². The summed E-state index contributed by atoms with van der Waals surface area (Å²) in [5.74, 6) is 0.805. The van der Waals surface area contributed by atoms with E-state index >= 15 is 0 Å². The van der Waals surface area contributed by atoms with Crippen LogP contribution in [0.4, 0.5) is 0 Å². The number of hydrogen-bond acceptors (Lipinski definition) is 4. The highest BCUT2D eigenvalue weighted by molar-refractivity contribution is 5.79. The predicted molar refractivity (Wildman–Crippen MR) is 80.0 cm³/mol. The second-order valence-electron chi connectivity index (χ2n) is 4.74. The van der Waals surface area contributed by atoms with E-state index in [9.17, 15) is 4.79 Å². The van der Waals surface area contributed by atoms with E-state index in [4.69, 9.17) is 9.15 Å². The topological polar surface area (TPSA) is 52.3 Å². The molecule has 0 unspecified atom stereocenters. The summed E-state index contributed by atoms with van der Waals surface area (Å²) in [5, 5.41) is 0. The van der Waals surface area contributed by atoms with Crippen molar-refractivity contribution in [1.29, 1.82) is 0 Å². The van der Waals surface area contributed by atoms with Crippen molar-refractivity contribution in [2.45, 2.75) is 19.8 Å². The van der Waals surface area contributed by atoms with E-state index in [0.717, 1.165) is 17.5 Å². The van der Waals surface area contributed by atoms with Crippen molar-refractivity contribution in [3.63, 3.8) is 0 Å². The van der Waals surface area contributed by atoms with Crippen LogP contribution < -0.4 is 4.74 Å². The number of oxazole rings is 1. The molecule has 0 fully saturated rings. The van der Waals surface area contributed by atoms with E-state index < -0.39 is 0 Å². The molecule has 0 bridgehead atoms. The van der Waals surface area contributed by atoms with Gasteiger partial charge in [-0.25, -0.2) is 4.98 Å². The normalized spacial score (nSPS) is 10.7. The monoisotopic (exact) mass is 281 g/mol. The van der Waals surface area contributed by atoms with Gasteiger partial charge in [0.25, 0.3) is 0 Å². The second-order valence-corrected chi connectivity index (χ2v) is 4.74. The first-order chi connectivity index (χ1) is 10.3. The van der Waals surface area contributed by atoms with Crippen LogP contribution in [0.5, 0.6) is 5.75 Å². The molecule has 0 aliphatic heterocycles. The van der Waals surface area contributed by atoms with Crippen molar-refractivity contribution in [3.8, 4) is 17.2 Å². The number of fused-ring (bicyclic) bond motifs is 1. The Morgan fingerprint density at radius 3 is 2.76 bits per heavy atom. The molecule has 0 saturated carbocycles. The highest BCUT2D eigenvalue weighted by Gasteiger charge is 2.10. The lowest BCUT2D eigenvalue weighted by molar-refractivity contribution is -0.134. The fourth-order valence-corrected chi connectivity index (χ4v) is 2.06. The van der Waals surface area contributed by atoms with Crippen LogP contribution in [0.15, 0.2) is 52.9 Å². The lowest BCUT2D eigenvalue weighted by Gasteiger charge is -2.01. The Labute approximate surface area is 122 Å². The second kappa shape index (κ2) is 5.79. The van der Waals surface area contributed by atoms with Gasteiger partial charge in [-0.2, -0.15) is 0 Å². The Balaban J connectivity index is 1.90. The Hall–Kier alpha value is -2.62. The third-order valence-corrected chi connectivity index (χ3v) is 3.07. The number of carbonyl (C=O) groups is 1. The molecule has 0 saturated heterocycles. The molecule has 3 rings (SSSR count). The summed E-state index contributed by atoms with van der Waals surface area (Å²) >= 11 is 0. The van der Waals surface area contributed by atoms with E-state index in [1.165, 1.54) is 0 Å². The van der Waals surface area contributed by atoms with Crippen LogP contribution in [0.1, 0.15) is 19.8 Å². The average molecular weight is 281 g/mol. The van der Waals surface area contributed by atoms with E-state index in [2.05, 4.69) is 4.98 Å². The molecule has 0 radical (unpaired) electrons. The molecule has 0 atom stereocenters. The highest BCUT2D eigenvalue weighted by Crippen LogP contribution is 2.27. The molecular formula is C17H15NO3. The summed E-state index contributed by atoms with van der Waals surface area (Å²) in [5.41, 5.74) is 2.26. The van der Waals surface area contributed by atoms with Crippen LogP contribution in [0.25, 0.3) is 22.6 Å². The fourth-order valence-electron chi connectivity index (χ4n) is 2.06. The third kappa shape index (κ3) is 2.94. The largest absolute Gasteiger partial charge is 0.436 e. The molecule has 2 aromatic carbocycles. The van der Waals surface area contributed by atoms with Crippen LogP contribution in [0.2, 0.25) is 0 Å². The number of esters is 1. The Morgan fingerprint density at radius 1 is 1.19 bits per heavy atom. The summed E-state index contributed by atoms with van der Waals surface area (Å²) in [6.07, 6.45) is 1.17. The molecule has 0 amide bonds. The maximum Gasteiger partial charge on any atom is 0.311 e. The van der Waals surface area contributed by atoms with E-state index in [1.807, 2.05) is 37.3 Å². The smallest absolute Gasteiger partial charge is 0.311 e. The number of rotatable bonds is 4. The molecule has 106 valence electrons. The minimum absolute atomic E-state index is 0.236. The van der Waals surface area contributed by atoms with Crippen LogP contribution in [0, 0.1) is 0 Å². The van der Waals surface area contributed by atoms with Gasteiger partial charge in [-0.15, -0.1) is 0 Å². The van der Waals surface area contributed by atoms with E-state index in [0.29, 0.717) is 23.6 Å². The molecule has 21 heavy (non-hydrogen) atoms. The lowest BCUT2D eigenvalue weighted by Crippen LogP contribution is -2.06. The molecule has 3 aromatic rings. The first-order valence-electron chi connectivity index (χ1n) is 6.93. The van der Waals surface area contributed by atoms with E-state index in [-0.39, 0.29) is 5.97 Å². The standard InChI is InChI=1S/C17H15NO3/c1-2-6-16(19)20-13-9-10-14-15(11-13)21-17(18-14)12-7-4-3-5-8-12/h3-5,7-11H,2,6H2,1H3. The van der Waals surface area contributed by atoms with Crippen LogP contribution in [-0.4, -0.2) is 11.0 Å². The number of benzene rings is 2. The van der Waals surface area contributed by atoms with Crippen molar-refractivity contribution < 1.29 is 13.9 Å². The molecule has 0 spiro atoms. The summed E-state index contributed by atoms with van der Waals surface area (Å²) in [6.45, 7) is 1.94. The molecule has 0 aliphatic carbocycles. The summed E-state index contributed by atoms with van der Waals surface area (Å²) in [6, 6.07) is 14.9. The summed E-state index contributed by atoms with van der Waals surface area (Å²) in [4.78, 5) is 15.9. The van der Waals surface area contributed by atoms with Crippen LogP contribution in [-0.2, 0) is 4.79 Å². The molecule has 4 nitrogen and oxygen atoms in total. The fraction of sp³-hybridized carbons (Fsp3) is 0.176. The van der Waals surface area contributed by atoms with Crippen molar-refractivity contribution >= 4 is 17.1 Å². The SMILES string of the molecule is CCCC(=O)Oc1ccc2nc(-c3ccccc3)oc2c1. The number of carbonyl (C=O) groups excluding carboxylic acids is 1. The predicted octanol–water partition coefficient (Wildman–Crippen LogP) is 4.20. The lowest BCUT2D eigenvalue weighted by atomic mass is 10.2. The van der Waals surface area contributed by atoms with E-state index in [1.54, 1.807) is 18.2 Å².